The molecule has 2 aromatic rings. The maximum absolute atomic E-state index is 11.9. The summed E-state index contributed by atoms with van der Waals surface area (Å²) in [6, 6.07) is 14.6. The van der Waals surface area contributed by atoms with Crippen molar-refractivity contribution >= 4 is 17.4 Å². The number of Topliss-reactive ketones (excluding diaryl/α,β-unsaturated/α-hetero) is 1. The van der Waals surface area contributed by atoms with Gasteiger partial charge in [0.05, 0.1) is 5.02 Å². The zero-order chi connectivity index (χ0) is 13.0. The smallest absolute Gasteiger partial charge is 0.201 e. The Balaban J connectivity index is 2.03. The van der Waals surface area contributed by atoms with Crippen molar-refractivity contribution in [2.45, 2.75) is 6.92 Å². The Bertz CT molecular complexity index is 564. The predicted octanol–water partition coefficient (Wildman–Crippen LogP) is 3.91. The first-order valence-corrected chi connectivity index (χ1v) is 6.02. The molecule has 0 radical (unpaired) electrons. The van der Waals surface area contributed by atoms with E-state index in [9.17, 15) is 4.79 Å². The van der Waals surface area contributed by atoms with Crippen LogP contribution in [0.4, 0.5) is 0 Å². The molecule has 0 aliphatic carbocycles. The molecule has 0 aromatic heterocycles. The normalized spacial score (nSPS) is 10.1. The highest BCUT2D eigenvalue weighted by Crippen LogP contribution is 2.17. The van der Waals surface area contributed by atoms with Crippen LogP contribution in [0.25, 0.3) is 0 Å². The van der Waals surface area contributed by atoms with Crippen LogP contribution in [-0.2, 0) is 0 Å². The first-order chi connectivity index (χ1) is 8.66. The number of hydrogen-bond acceptors (Lipinski definition) is 2. The van der Waals surface area contributed by atoms with E-state index in [4.69, 9.17) is 16.3 Å². The number of carbonyl (C=O) groups is 1. The zero-order valence-corrected chi connectivity index (χ0v) is 10.8. The van der Waals surface area contributed by atoms with Crippen LogP contribution in [0.3, 0.4) is 0 Å². The third-order valence-corrected chi connectivity index (χ3v) is 2.86. The summed E-state index contributed by atoms with van der Waals surface area (Å²) in [6.45, 7) is 1.97. The van der Waals surface area contributed by atoms with Gasteiger partial charge >= 0.3 is 0 Å². The second-order valence-corrected chi connectivity index (χ2v) is 4.42. The van der Waals surface area contributed by atoms with Crippen molar-refractivity contribution in [3.63, 3.8) is 0 Å². The van der Waals surface area contributed by atoms with E-state index in [0.717, 1.165) is 5.56 Å². The number of aryl methyl sites for hydroxylation is 1. The summed E-state index contributed by atoms with van der Waals surface area (Å²) in [7, 11) is 0. The fourth-order valence-corrected chi connectivity index (χ4v) is 1.86. The molecule has 0 bridgehead atoms. The fourth-order valence-electron chi connectivity index (χ4n) is 1.62. The molecular formula is C15H13ClO2. The quantitative estimate of drug-likeness (QED) is 0.779. The van der Waals surface area contributed by atoms with Gasteiger partial charge in [0.15, 0.2) is 6.61 Å². The second kappa shape index (κ2) is 5.69. The molecule has 0 spiro atoms. The van der Waals surface area contributed by atoms with Crippen molar-refractivity contribution in [3.8, 4) is 5.75 Å². The molecule has 0 saturated heterocycles. The minimum Gasteiger partial charge on any atom is -0.485 e. The number of ether oxygens (including phenoxy) is 1. The molecule has 3 heteroatoms. The molecule has 0 amide bonds. The Labute approximate surface area is 111 Å². The summed E-state index contributed by atoms with van der Waals surface area (Å²) < 4.78 is 5.45. The summed E-state index contributed by atoms with van der Waals surface area (Å²) in [5, 5.41) is 0.454. The number of ketones is 1. The second-order valence-electron chi connectivity index (χ2n) is 4.01. The molecule has 0 unspecified atom stereocenters. The summed E-state index contributed by atoms with van der Waals surface area (Å²) in [5.74, 6) is 0.567. The largest absolute Gasteiger partial charge is 0.485 e. The molecule has 0 atom stereocenters. The van der Waals surface area contributed by atoms with Gasteiger partial charge in [0.2, 0.25) is 5.78 Å². The lowest BCUT2D eigenvalue weighted by Crippen LogP contribution is -2.12. The average molecular weight is 261 g/mol. The minimum atomic E-state index is -0.123. The highest BCUT2D eigenvalue weighted by Gasteiger charge is 2.10. The molecule has 2 aromatic carbocycles. The van der Waals surface area contributed by atoms with Crippen molar-refractivity contribution in [2.24, 2.45) is 0 Å². The van der Waals surface area contributed by atoms with Crippen molar-refractivity contribution in [2.75, 3.05) is 6.61 Å². The number of hydrogen-bond donors (Lipinski definition) is 0. The Morgan fingerprint density at radius 2 is 1.94 bits per heavy atom. The van der Waals surface area contributed by atoms with Crippen LogP contribution in [0.1, 0.15) is 15.9 Å². The Morgan fingerprint density at radius 1 is 1.17 bits per heavy atom. The maximum atomic E-state index is 11.9. The van der Waals surface area contributed by atoms with Crippen molar-refractivity contribution in [1.29, 1.82) is 0 Å². The molecule has 2 nitrogen and oxygen atoms in total. The molecule has 18 heavy (non-hydrogen) atoms. The average Bonchev–Trinajstić information content (AvgIpc) is 2.37. The standard InChI is InChI=1S/C15H13ClO2/c1-11-5-4-6-12(9-11)18-10-15(17)13-7-2-3-8-14(13)16/h2-9H,10H2,1H3. The number of halogens is 1. The lowest BCUT2D eigenvalue weighted by Gasteiger charge is -2.07. The van der Waals surface area contributed by atoms with Gasteiger partial charge in [-0.3, -0.25) is 4.79 Å². The summed E-state index contributed by atoms with van der Waals surface area (Å²) in [6.07, 6.45) is 0. The van der Waals surface area contributed by atoms with Crippen molar-refractivity contribution < 1.29 is 9.53 Å². The van der Waals surface area contributed by atoms with E-state index in [2.05, 4.69) is 0 Å². The SMILES string of the molecule is Cc1cccc(OCC(=O)c2ccccc2Cl)c1. The topological polar surface area (TPSA) is 26.3 Å². The van der Waals surface area contributed by atoms with E-state index in [1.54, 1.807) is 24.3 Å². The van der Waals surface area contributed by atoms with Crippen LogP contribution in [0.5, 0.6) is 5.75 Å². The lowest BCUT2D eigenvalue weighted by molar-refractivity contribution is 0.0921. The summed E-state index contributed by atoms with van der Waals surface area (Å²) in [5.41, 5.74) is 1.59. The first-order valence-electron chi connectivity index (χ1n) is 5.64. The Morgan fingerprint density at radius 3 is 2.67 bits per heavy atom. The van der Waals surface area contributed by atoms with Crippen LogP contribution < -0.4 is 4.74 Å². The van der Waals surface area contributed by atoms with E-state index >= 15 is 0 Å². The van der Waals surface area contributed by atoms with Crippen molar-refractivity contribution in [1.82, 2.24) is 0 Å². The Kier molecular flexibility index (Phi) is 4.00. The van der Waals surface area contributed by atoms with E-state index in [1.165, 1.54) is 0 Å². The fraction of sp³-hybridized carbons (Fsp3) is 0.133. The van der Waals surface area contributed by atoms with Crippen LogP contribution in [0.2, 0.25) is 5.02 Å². The molecule has 0 aliphatic rings. The number of carbonyl (C=O) groups excluding carboxylic acids is 1. The monoisotopic (exact) mass is 260 g/mol. The van der Waals surface area contributed by atoms with Gasteiger partial charge in [0.1, 0.15) is 5.75 Å². The van der Waals surface area contributed by atoms with Gasteiger partial charge in [-0.25, -0.2) is 0 Å². The maximum Gasteiger partial charge on any atom is 0.201 e. The molecule has 0 saturated carbocycles. The van der Waals surface area contributed by atoms with Gasteiger partial charge in [0, 0.05) is 5.56 Å². The van der Waals surface area contributed by atoms with Gasteiger partial charge < -0.3 is 4.74 Å². The molecule has 0 fully saturated rings. The number of benzene rings is 2. The molecule has 92 valence electrons. The van der Waals surface area contributed by atoms with E-state index in [-0.39, 0.29) is 12.4 Å². The van der Waals surface area contributed by atoms with Crippen LogP contribution in [-0.4, -0.2) is 12.4 Å². The summed E-state index contributed by atoms with van der Waals surface area (Å²) in [4.78, 5) is 11.9. The van der Waals surface area contributed by atoms with Gasteiger partial charge in [-0.2, -0.15) is 0 Å². The van der Waals surface area contributed by atoms with Crippen LogP contribution in [0, 0.1) is 6.92 Å². The highest BCUT2D eigenvalue weighted by atomic mass is 35.5. The first kappa shape index (κ1) is 12.7. The Hall–Kier alpha value is -1.80. The van der Waals surface area contributed by atoms with Gasteiger partial charge in [-0.05, 0) is 36.8 Å². The molecule has 2 rings (SSSR count). The third kappa shape index (κ3) is 3.11. The molecule has 0 heterocycles. The van der Waals surface area contributed by atoms with Gasteiger partial charge in [0.25, 0.3) is 0 Å². The molecule has 0 N–H and O–H groups in total. The minimum absolute atomic E-state index is 0.00676. The third-order valence-electron chi connectivity index (χ3n) is 2.53. The zero-order valence-electron chi connectivity index (χ0n) is 10.0. The van der Waals surface area contributed by atoms with E-state index < -0.39 is 0 Å². The van der Waals surface area contributed by atoms with E-state index in [0.29, 0.717) is 16.3 Å². The van der Waals surface area contributed by atoms with Gasteiger partial charge in [-0.15, -0.1) is 0 Å². The summed E-state index contributed by atoms with van der Waals surface area (Å²) >= 11 is 5.95. The van der Waals surface area contributed by atoms with Crippen molar-refractivity contribution in [3.05, 3.63) is 64.7 Å². The lowest BCUT2D eigenvalue weighted by atomic mass is 10.1. The highest BCUT2D eigenvalue weighted by molar-refractivity contribution is 6.34. The number of rotatable bonds is 4. The predicted molar refractivity (Wildman–Crippen MR) is 72.5 cm³/mol. The molecular weight excluding hydrogens is 248 g/mol. The van der Waals surface area contributed by atoms with Gasteiger partial charge in [-0.1, -0.05) is 35.9 Å². The van der Waals surface area contributed by atoms with E-state index in [1.807, 2.05) is 31.2 Å². The van der Waals surface area contributed by atoms with Crippen LogP contribution in [0.15, 0.2) is 48.5 Å². The molecule has 0 aliphatic heterocycles. The van der Waals surface area contributed by atoms with Crippen LogP contribution >= 0.6 is 11.6 Å².